The maximum atomic E-state index is 12.2. The van der Waals surface area contributed by atoms with E-state index < -0.39 is 16.1 Å². The fourth-order valence-electron chi connectivity index (χ4n) is 1.64. The molecule has 8 heteroatoms. The van der Waals surface area contributed by atoms with Crippen molar-refractivity contribution < 1.29 is 13.2 Å². The molecule has 4 N–H and O–H groups in total. The van der Waals surface area contributed by atoms with E-state index in [0.29, 0.717) is 10.2 Å². The molecule has 2 rings (SSSR count). The van der Waals surface area contributed by atoms with E-state index in [1.165, 1.54) is 25.1 Å². The molecule has 110 valence electrons. The van der Waals surface area contributed by atoms with Gasteiger partial charge in [-0.05, 0) is 53.9 Å². The largest absolute Gasteiger partial charge is 0.399 e. The Morgan fingerprint density at radius 2 is 2.10 bits per heavy atom. The lowest BCUT2D eigenvalue weighted by molar-refractivity contribution is -0.122. The van der Waals surface area contributed by atoms with E-state index in [1.807, 2.05) is 0 Å². The number of nitrogen functional groups attached to an aromatic ring is 1. The fourth-order valence-corrected chi connectivity index (χ4v) is 3.94. The van der Waals surface area contributed by atoms with Gasteiger partial charge in [0.25, 0.3) is 0 Å². The second-order valence-corrected chi connectivity index (χ2v) is 7.35. The summed E-state index contributed by atoms with van der Waals surface area (Å²) in [6, 6.07) is 3.76. The second kappa shape index (κ2) is 5.71. The van der Waals surface area contributed by atoms with Crippen LogP contribution in [0.25, 0.3) is 0 Å². The van der Waals surface area contributed by atoms with Gasteiger partial charge in [0.2, 0.25) is 15.9 Å². The molecule has 0 heterocycles. The van der Waals surface area contributed by atoms with Crippen LogP contribution in [0, 0.1) is 0 Å². The number of carbonyl (C=O) groups excluding carboxylic acids is 1. The van der Waals surface area contributed by atoms with Crippen LogP contribution in [0.1, 0.15) is 19.8 Å². The van der Waals surface area contributed by atoms with Gasteiger partial charge in [-0.1, -0.05) is 0 Å². The van der Waals surface area contributed by atoms with Crippen LogP contribution in [-0.2, 0) is 14.8 Å². The molecule has 1 unspecified atom stereocenters. The summed E-state index contributed by atoms with van der Waals surface area (Å²) < 4.78 is 27.2. The summed E-state index contributed by atoms with van der Waals surface area (Å²) >= 11 is 3.16. The number of sulfonamides is 1. The minimum absolute atomic E-state index is 0.0535. The lowest BCUT2D eigenvalue weighted by Crippen LogP contribution is -2.45. The highest BCUT2D eigenvalue weighted by Gasteiger charge is 2.28. The number of anilines is 1. The Morgan fingerprint density at radius 3 is 2.65 bits per heavy atom. The Hall–Kier alpha value is -1.12. The number of nitrogens with two attached hydrogens (primary N) is 1. The summed E-state index contributed by atoms with van der Waals surface area (Å²) in [5.41, 5.74) is 6.03. The first kappa shape index (κ1) is 15.3. The van der Waals surface area contributed by atoms with Gasteiger partial charge < -0.3 is 11.1 Å². The van der Waals surface area contributed by atoms with Crippen molar-refractivity contribution in [2.75, 3.05) is 5.73 Å². The zero-order valence-electron chi connectivity index (χ0n) is 10.9. The van der Waals surface area contributed by atoms with E-state index in [4.69, 9.17) is 5.73 Å². The standard InChI is InChI=1S/C12H16BrN3O3S/c1-7(12(17)15-9-3-4-9)16-20(18,19)11-5-2-8(14)6-10(11)13/h2,5-7,9,16H,3-4,14H2,1H3,(H,15,17). The molecule has 1 fully saturated rings. The molecule has 0 saturated heterocycles. The molecule has 1 aromatic rings. The molecule has 1 aromatic carbocycles. The Kier molecular flexibility index (Phi) is 4.36. The van der Waals surface area contributed by atoms with Crippen LogP contribution < -0.4 is 15.8 Å². The summed E-state index contributed by atoms with van der Waals surface area (Å²) in [6.45, 7) is 1.51. The summed E-state index contributed by atoms with van der Waals surface area (Å²) in [7, 11) is -3.78. The zero-order valence-corrected chi connectivity index (χ0v) is 13.3. The molecule has 1 atom stereocenters. The third-order valence-electron chi connectivity index (χ3n) is 2.89. The van der Waals surface area contributed by atoms with Crippen LogP contribution in [0.2, 0.25) is 0 Å². The van der Waals surface area contributed by atoms with Gasteiger partial charge in [-0.2, -0.15) is 4.72 Å². The number of halogens is 1. The van der Waals surface area contributed by atoms with Crippen molar-refractivity contribution in [1.29, 1.82) is 0 Å². The molecule has 1 saturated carbocycles. The molecule has 0 spiro atoms. The zero-order chi connectivity index (χ0) is 14.9. The number of rotatable bonds is 5. The number of nitrogens with one attached hydrogen (secondary N) is 2. The average Bonchev–Trinajstić information content (AvgIpc) is 3.11. The van der Waals surface area contributed by atoms with Crippen molar-refractivity contribution in [3.8, 4) is 0 Å². The van der Waals surface area contributed by atoms with Gasteiger partial charge in [0.1, 0.15) is 0 Å². The van der Waals surface area contributed by atoms with Crippen molar-refractivity contribution in [2.45, 2.75) is 36.7 Å². The van der Waals surface area contributed by atoms with E-state index >= 15 is 0 Å². The van der Waals surface area contributed by atoms with Gasteiger partial charge in [0.15, 0.2) is 0 Å². The predicted molar refractivity (Wildman–Crippen MR) is 79.5 cm³/mol. The van der Waals surface area contributed by atoms with E-state index in [0.717, 1.165) is 12.8 Å². The number of benzene rings is 1. The van der Waals surface area contributed by atoms with Gasteiger partial charge in [0.05, 0.1) is 10.9 Å². The molecule has 0 aromatic heterocycles. The van der Waals surface area contributed by atoms with Gasteiger partial charge >= 0.3 is 0 Å². The average molecular weight is 362 g/mol. The fraction of sp³-hybridized carbons (Fsp3) is 0.417. The van der Waals surface area contributed by atoms with E-state index in [2.05, 4.69) is 26.0 Å². The smallest absolute Gasteiger partial charge is 0.242 e. The lowest BCUT2D eigenvalue weighted by atomic mass is 10.3. The highest BCUT2D eigenvalue weighted by molar-refractivity contribution is 9.10. The number of carbonyl (C=O) groups is 1. The summed E-state index contributed by atoms with van der Waals surface area (Å²) in [5.74, 6) is -0.317. The van der Waals surface area contributed by atoms with Gasteiger partial charge in [0, 0.05) is 16.2 Å². The van der Waals surface area contributed by atoms with Crippen LogP contribution in [0.15, 0.2) is 27.6 Å². The maximum absolute atomic E-state index is 12.2. The van der Waals surface area contributed by atoms with Crippen LogP contribution >= 0.6 is 15.9 Å². The van der Waals surface area contributed by atoms with Crippen molar-refractivity contribution in [3.05, 3.63) is 22.7 Å². The van der Waals surface area contributed by atoms with Crippen molar-refractivity contribution in [3.63, 3.8) is 0 Å². The third kappa shape index (κ3) is 3.71. The van der Waals surface area contributed by atoms with E-state index in [1.54, 1.807) is 0 Å². The van der Waals surface area contributed by atoms with Crippen LogP contribution in [0.3, 0.4) is 0 Å². The predicted octanol–water partition coefficient (Wildman–Crippen LogP) is 0.977. The Labute approximate surface area is 126 Å². The second-order valence-electron chi connectivity index (χ2n) is 4.82. The molecular weight excluding hydrogens is 346 g/mol. The van der Waals surface area contributed by atoms with Crippen molar-refractivity contribution >= 4 is 37.5 Å². The molecule has 1 aliphatic rings. The molecule has 0 bridgehead atoms. The first-order valence-electron chi connectivity index (χ1n) is 6.17. The summed E-state index contributed by atoms with van der Waals surface area (Å²) in [4.78, 5) is 11.8. The van der Waals surface area contributed by atoms with Gasteiger partial charge in [-0.3, -0.25) is 4.79 Å². The van der Waals surface area contributed by atoms with Crippen LogP contribution in [-0.4, -0.2) is 26.4 Å². The molecule has 1 amide bonds. The number of hydrogen-bond donors (Lipinski definition) is 3. The van der Waals surface area contributed by atoms with Gasteiger partial charge in [-0.15, -0.1) is 0 Å². The minimum Gasteiger partial charge on any atom is -0.399 e. The highest BCUT2D eigenvalue weighted by atomic mass is 79.9. The number of hydrogen-bond acceptors (Lipinski definition) is 4. The maximum Gasteiger partial charge on any atom is 0.242 e. The molecule has 0 radical (unpaired) electrons. The molecule has 20 heavy (non-hydrogen) atoms. The molecule has 0 aliphatic heterocycles. The third-order valence-corrected chi connectivity index (χ3v) is 5.41. The first-order chi connectivity index (χ1) is 9.29. The SMILES string of the molecule is CC(NS(=O)(=O)c1ccc(N)cc1Br)C(=O)NC1CC1. The number of amides is 1. The normalized spacial score (nSPS) is 16.7. The quantitative estimate of drug-likeness (QED) is 0.680. The van der Waals surface area contributed by atoms with Crippen molar-refractivity contribution in [1.82, 2.24) is 10.0 Å². The highest BCUT2D eigenvalue weighted by Crippen LogP contribution is 2.24. The van der Waals surface area contributed by atoms with Gasteiger partial charge in [-0.25, -0.2) is 8.42 Å². The summed E-state index contributed by atoms with van der Waals surface area (Å²) in [5, 5.41) is 2.75. The van der Waals surface area contributed by atoms with Crippen molar-refractivity contribution in [2.24, 2.45) is 0 Å². The van der Waals surface area contributed by atoms with Crippen LogP contribution in [0.4, 0.5) is 5.69 Å². The van der Waals surface area contributed by atoms with Crippen LogP contribution in [0.5, 0.6) is 0 Å². The Bertz CT molecular complexity index is 629. The molecular formula is C12H16BrN3O3S. The van der Waals surface area contributed by atoms with E-state index in [-0.39, 0.29) is 16.8 Å². The molecule has 1 aliphatic carbocycles. The van der Waals surface area contributed by atoms with E-state index in [9.17, 15) is 13.2 Å². The monoisotopic (exact) mass is 361 g/mol. The topological polar surface area (TPSA) is 101 Å². The Balaban J connectivity index is 2.11. The molecule has 6 nitrogen and oxygen atoms in total. The summed E-state index contributed by atoms with van der Waals surface area (Å²) in [6.07, 6.45) is 1.91. The Morgan fingerprint density at radius 1 is 1.45 bits per heavy atom. The minimum atomic E-state index is -3.78. The lowest BCUT2D eigenvalue weighted by Gasteiger charge is -2.15. The first-order valence-corrected chi connectivity index (χ1v) is 8.45.